The maximum atomic E-state index is 14.7. The quantitative estimate of drug-likeness (QED) is 0.163. The number of nitrogens with zero attached hydrogens (tertiary/aromatic N) is 2. The van der Waals surface area contributed by atoms with Gasteiger partial charge in [0.25, 0.3) is 5.91 Å². The lowest BCUT2D eigenvalue weighted by Gasteiger charge is -2.40. The van der Waals surface area contributed by atoms with Gasteiger partial charge >= 0.3 is 5.97 Å². The van der Waals surface area contributed by atoms with Gasteiger partial charge in [-0.25, -0.2) is 0 Å². The van der Waals surface area contributed by atoms with Crippen molar-refractivity contribution in [2.75, 3.05) is 31.7 Å². The number of carbonyl (C=O) groups excluding carboxylic acids is 4. The van der Waals surface area contributed by atoms with Crippen LogP contribution in [-0.4, -0.2) is 95.2 Å². The van der Waals surface area contributed by atoms with E-state index in [1.165, 1.54) is 9.80 Å². The number of aliphatic hydroxyl groups excluding tert-OH is 1. The molecule has 246 valence electrons. The maximum Gasteiger partial charge on any atom is 0.312 e. The highest BCUT2D eigenvalue weighted by molar-refractivity contribution is 9.09. The van der Waals surface area contributed by atoms with Gasteiger partial charge in [0.05, 0.1) is 44.2 Å². The van der Waals surface area contributed by atoms with Crippen molar-refractivity contribution < 1.29 is 38.5 Å². The number of hydrogen-bond donors (Lipinski definition) is 2. The first-order chi connectivity index (χ1) is 21.4. The van der Waals surface area contributed by atoms with Crippen molar-refractivity contribution in [3.8, 4) is 5.75 Å². The number of halogens is 1. The molecule has 0 saturated carbocycles. The summed E-state index contributed by atoms with van der Waals surface area (Å²) in [5, 5.41) is 13.2. The van der Waals surface area contributed by atoms with Gasteiger partial charge in [0.1, 0.15) is 23.5 Å². The zero-order valence-corrected chi connectivity index (χ0v) is 27.9. The summed E-state index contributed by atoms with van der Waals surface area (Å²) in [4.78, 5) is 57.7. The van der Waals surface area contributed by atoms with Gasteiger partial charge in [-0.2, -0.15) is 0 Å². The van der Waals surface area contributed by atoms with Gasteiger partial charge < -0.3 is 34.4 Å². The van der Waals surface area contributed by atoms with Gasteiger partial charge in [0.2, 0.25) is 11.8 Å². The lowest BCUT2D eigenvalue weighted by Crippen LogP contribution is -2.60. The molecule has 3 fully saturated rings. The van der Waals surface area contributed by atoms with E-state index in [9.17, 15) is 24.3 Å². The molecule has 1 spiro atoms. The van der Waals surface area contributed by atoms with Crippen LogP contribution in [0.4, 0.5) is 5.69 Å². The van der Waals surface area contributed by atoms with Gasteiger partial charge in [0.15, 0.2) is 0 Å². The van der Waals surface area contributed by atoms with Crippen molar-refractivity contribution in [2.24, 2.45) is 17.8 Å². The van der Waals surface area contributed by atoms with Crippen molar-refractivity contribution in [3.05, 3.63) is 49.6 Å². The molecule has 3 amide bonds. The standard InChI is InChI=1S/C33H44BrN3O8/c1-7-9-10-25(39)35-17-20(5)44-32(42)26-27-30(40)37(24(18-38)19(3)4)29(33(27)16-23(34)28(26)45-33)31(41)36(15-8-2)21-11-13-22(43-6)14-12-21/h7-8,11-14,19-20,23-24,26-29,38H,1-2,9-10,15-18H2,3-6H3,(H,35,39)/t20-,23?,24+,26-,27+,28-,29-,33+/m1/s1. The summed E-state index contributed by atoms with van der Waals surface area (Å²) in [7, 11) is 1.55. The molecule has 0 aliphatic carbocycles. The molecule has 3 aliphatic heterocycles. The number of esters is 1. The number of anilines is 1. The Balaban J connectivity index is 1.69. The second kappa shape index (κ2) is 14.5. The highest BCUT2D eigenvalue weighted by atomic mass is 79.9. The number of carbonyl (C=O) groups is 4. The first-order valence-corrected chi connectivity index (χ1v) is 16.3. The van der Waals surface area contributed by atoms with Crippen LogP contribution in [0.25, 0.3) is 0 Å². The number of ether oxygens (including phenoxy) is 3. The van der Waals surface area contributed by atoms with Crippen LogP contribution in [0.1, 0.15) is 40.0 Å². The number of rotatable bonds is 15. The monoisotopic (exact) mass is 689 g/mol. The smallest absolute Gasteiger partial charge is 0.312 e. The van der Waals surface area contributed by atoms with Gasteiger partial charge in [-0.05, 0) is 49.9 Å². The molecule has 1 aromatic rings. The largest absolute Gasteiger partial charge is 0.497 e. The predicted octanol–water partition coefficient (Wildman–Crippen LogP) is 2.99. The van der Waals surface area contributed by atoms with E-state index in [0.29, 0.717) is 24.3 Å². The Morgan fingerprint density at radius 3 is 2.49 bits per heavy atom. The van der Waals surface area contributed by atoms with Crippen LogP contribution in [0.5, 0.6) is 5.75 Å². The molecule has 1 unspecified atom stereocenters. The van der Waals surface area contributed by atoms with Crippen LogP contribution >= 0.6 is 15.9 Å². The summed E-state index contributed by atoms with van der Waals surface area (Å²) in [6, 6.07) is 5.15. The number of fused-ring (bicyclic) bond motifs is 1. The summed E-state index contributed by atoms with van der Waals surface area (Å²) >= 11 is 3.67. The molecule has 12 heteroatoms. The number of hydrogen-bond acceptors (Lipinski definition) is 8. The molecular weight excluding hydrogens is 646 g/mol. The molecular formula is C33H44BrN3O8. The number of aliphatic hydroxyl groups is 1. The highest BCUT2D eigenvalue weighted by Crippen LogP contribution is 2.61. The van der Waals surface area contributed by atoms with E-state index in [1.54, 1.807) is 50.5 Å². The van der Waals surface area contributed by atoms with Crippen LogP contribution in [0.2, 0.25) is 0 Å². The number of benzene rings is 1. The number of methoxy groups -OCH3 is 1. The normalized spacial score (nSPS) is 27.9. The first kappa shape index (κ1) is 34.6. The van der Waals surface area contributed by atoms with Crippen molar-refractivity contribution in [2.45, 2.75) is 74.8 Å². The van der Waals surface area contributed by atoms with Crippen molar-refractivity contribution in [3.63, 3.8) is 0 Å². The summed E-state index contributed by atoms with van der Waals surface area (Å²) in [6.07, 6.45) is 2.99. The van der Waals surface area contributed by atoms with Crippen LogP contribution in [-0.2, 0) is 28.7 Å². The molecule has 3 aliphatic rings. The van der Waals surface area contributed by atoms with Gasteiger partial charge in [-0.3, -0.25) is 19.2 Å². The molecule has 2 bridgehead atoms. The second-order valence-corrected chi connectivity index (χ2v) is 13.4. The Kier molecular flexibility index (Phi) is 11.1. The Bertz CT molecular complexity index is 1290. The third-order valence-electron chi connectivity index (χ3n) is 8.99. The summed E-state index contributed by atoms with van der Waals surface area (Å²) < 4.78 is 17.7. The summed E-state index contributed by atoms with van der Waals surface area (Å²) in [6.45, 7) is 12.7. The van der Waals surface area contributed by atoms with Crippen LogP contribution in [0.15, 0.2) is 49.6 Å². The lowest BCUT2D eigenvalue weighted by atomic mass is 9.70. The topological polar surface area (TPSA) is 135 Å². The minimum absolute atomic E-state index is 0.104. The van der Waals surface area contributed by atoms with E-state index < -0.39 is 59.5 Å². The van der Waals surface area contributed by atoms with E-state index >= 15 is 0 Å². The minimum Gasteiger partial charge on any atom is -0.497 e. The van der Waals surface area contributed by atoms with Gasteiger partial charge in [0, 0.05) is 23.5 Å². The summed E-state index contributed by atoms with van der Waals surface area (Å²) in [5.41, 5.74) is -0.770. The van der Waals surface area contributed by atoms with Gasteiger partial charge in [-0.15, -0.1) is 13.2 Å². The molecule has 0 radical (unpaired) electrons. The zero-order chi connectivity index (χ0) is 33.1. The van der Waals surface area contributed by atoms with Crippen LogP contribution < -0.4 is 15.0 Å². The number of amides is 3. The third-order valence-corrected chi connectivity index (χ3v) is 9.83. The third kappa shape index (κ3) is 6.55. The molecule has 11 nitrogen and oxygen atoms in total. The van der Waals surface area contributed by atoms with E-state index in [2.05, 4.69) is 34.4 Å². The molecule has 2 N–H and O–H groups in total. The van der Waals surface area contributed by atoms with Crippen molar-refractivity contribution in [1.82, 2.24) is 10.2 Å². The molecule has 45 heavy (non-hydrogen) atoms. The molecule has 0 aromatic heterocycles. The molecule has 1 aromatic carbocycles. The Morgan fingerprint density at radius 2 is 1.91 bits per heavy atom. The molecule has 8 atom stereocenters. The average Bonchev–Trinajstić information content (AvgIpc) is 3.61. The highest BCUT2D eigenvalue weighted by Gasteiger charge is 2.77. The fraction of sp³-hybridized carbons (Fsp3) is 0.576. The van der Waals surface area contributed by atoms with Crippen molar-refractivity contribution in [1.29, 1.82) is 0 Å². The Morgan fingerprint density at radius 1 is 1.22 bits per heavy atom. The molecule has 4 rings (SSSR count). The maximum absolute atomic E-state index is 14.7. The van der Waals surface area contributed by atoms with Crippen LogP contribution in [0.3, 0.4) is 0 Å². The molecule has 3 saturated heterocycles. The van der Waals surface area contributed by atoms with E-state index in [1.807, 2.05) is 13.8 Å². The number of alkyl halides is 1. The second-order valence-electron chi connectivity index (χ2n) is 12.2. The van der Waals surface area contributed by atoms with E-state index in [-0.39, 0.29) is 42.8 Å². The first-order valence-electron chi connectivity index (χ1n) is 15.3. The van der Waals surface area contributed by atoms with E-state index in [0.717, 1.165) is 0 Å². The SMILES string of the molecule is C=CCCC(=O)NC[C@@H](C)OC(=O)[C@H]1[C@@H]2O[C@@]3(CC2Br)[C@@H]1C(=O)N([C@@H](CO)C(C)C)[C@@H]3C(=O)N(CC=C)c1ccc(OC)cc1. The predicted molar refractivity (Wildman–Crippen MR) is 172 cm³/mol. The average molecular weight is 691 g/mol. The summed E-state index contributed by atoms with van der Waals surface area (Å²) in [5.74, 6) is -3.22. The number of likely N-dealkylation sites (tertiary alicyclic amines) is 1. The fourth-order valence-corrected chi connectivity index (χ4v) is 7.80. The van der Waals surface area contributed by atoms with Crippen molar-refractivity contribution >= 4 is 45.3 Å². The van der Waals surface area contributed by atoms with E-state index in [4.69, 9.17) is 14.2 Å². The zero-order valence-electron chi connectivity index (χ0n) is 26.3. The number of nitrogens with one attached hydrogen (secondary N) is 1. The Hall–Kier alpha value is -3.22. The Labute approximate surface area is 273 Å². The van der Waals surface area contributed by atoms with Crippen LogP contribution in [0, 0.1) is 17.8 Å². The molecule has 3 heterocycles. The fourth-order valence-electron chi connectivity index (χ4n) is 6.85. The lowest BCUT2D eigenvalue weighted by molar-refractivity contribution is -0.159. The number of allylic oxidation sites excluding steroid dienone is 1. The van der Waals surface area contributed by atoms with Gasteiger partial charge in [-0.1, -0.05) is 41.9 Å². The minimum atomic E-state index is -1.34.